The normalized spacial score (nSPS) is 17.3. The zero-order valence-electron chi connectivity index (χ0n) is 13.5. The molecule has 0 aromatic carbocycles. The van der Waals surface area contributed by atoms with E-state index in [4.69, 9.17) is 0 Å². The second-order valence-electron chi connectivity index (χ2n) is 6.38. The van der Waals surface area contributed by atoms with E-state index in [1.165, 1.54) is 19.3 Å². The standard InChI is InChI=1S/C17H24N4O2/c1-12-19-20-16-8-7-14(11-21(12)16)17(23)18-15(9-10-22)13-5-3-2-4-6-13/h7-8,11,13,15,22H,2-6,9-10H2,1H3,(H,18,23). The topological polar surface area (TPSA) is 79.5 Å². The number of pyridine rings is 1. The van der Waals surface area contributed by atoms with Crippen LogP contribution in [0.1, 0.15) is 54.7 Å². The van der Waals surface area contributed by atoms with Gasteiger partial charge >= 0.3 is 0 Å². The monoisotopic (exact) mass is 316 g/mol. The van der Waals surface area contributed by atoms with Crippen LogP contribution in [0, 0.1) is 12.8 Å². The quantitative estimate of drug-likeness (QED) is 0.885. The second-order valence-corrected chi connectivity index (χ2v) is 6.38. The molecule has 3 rings (SSSR count). The highest BCUT2D eigenvalue weighted by Gasteiger charge is 2.25. The molecule has 1 aliphatic carbocycles. The molecule has 2 N–H and O–H groups in total. The number of rotatable bonds is 5. The van der Waals surface area contributed by atoms with Crippen molar-refractivity contribution in [3.8, 4) is 0 Å². The van der Waals surface area contributed by atoms with Crippen molar-refractivity contribution in [2.45, 2.75) is 51.5 Å². The van der Waals surface area contributed by atoms with Crippen LogP contribution in [0.2, 0.25) is 0 Å². The van der Waals surface area contributed by atoms with Crippen molar-refractivity contribution in [2.24, 2.45) is 5.92 Å². The molecule has 2 heterocycles. The molecule has 6 heteroatoms. The summed E-state index contributed by atoms with van der Waals surface area (Å²) in [6, 6.07) is 3.62. The van der Waals surface area contributed by atoms with E-state index in [2.05, 4.69) is 15.5 Å². The largest absolute Gasteiger partial charge is 0.396 e. The zero-order chi connectivity index (χ0) is 16.2. The highest BCUT2D eigenvalue weighted by Crippen LogP contribution is 2.28. The van der Waals surface area contributed by atoms with Gasteiger partial charge in [-0.3, -0.25) is 9.20 Å². The minimum atomic E-state index is -0.0935. The summed E-state index contributed by atoms with van der Waals surface area (Å²) >= 11 is 0. The van der Waals surface area contributed by atoms with Gasteiger partial charge in [-0.05, 0) is 44.2 Å². The van der Waals surface area contributed by atoms with Crippen molar-refractivity contribution in [3.05, 3.63) is 29.7 Å². The number of aliphatic hydroxyl groups is 1. The third-order valence-electron chi connectivity index (χ3n) is 4.81. The number of hydrogen-bond donors (Lipinski definition) is 2. The molecule has 0 radical (unpaired) electrons. The number of nitrogens with one attached hydrogen (secondary N) is 1. The predicted octanol–water partition coefficient (Wildman–Crippen LogP) is 2.10. The van der Waals surface area contributed by atoms with Gasteiger partial charge in [0, 0.05) is 18.8 Å². The van der Waals surface area contributed by atoms with E-state index in [-0.39, 0.29) is 18.6 Å². The van der Waals surface area contributed by atoms with Crippen molar-refractivity contribution in [2.75, 3.05) is 6.61 Å². The lowest BCUT2D eigenvalue weighted by Gasteiger charge is -2.30. The molecule has 0 bridgehead atoms. The van der Waals surface area contributed by atoms with E-state index in [1.54, 1.807) is 18.3 Å². The number of nitrogens with zero attached hydrogens (tertiary/aromatic N) is 3. The third-order valence-corrected chi connectivity index (χ3v) is 4.81. The predicted molar refractivity (Wildman–Crippen MR) is 87.3 cm³/mol. The summed E-state index contributed by atoms with van der Waals surface area (Å²) in [6.07, 6.45) is 8.37. The van der Waals surface area contributed by atoms with Gasteiger partial charge in [-0.1, -0.05) is 19.3 Å². The molecule has 1 aliphatic rings. The third kappa shape index (κ3) is 3.52. The van der Waals surface area contributed by atoms with Crippen LogP contribution in [-0.4, -0.2) is 38.3 Å². The van der Waals surface area contributed by atoms with Gasteiger partial charge in [0.2, 0.25) is 0 Å². The van der Waals surface area contributed by atoms with E-state index < -0.39 is 0 Å². The fourth-order valence-corrected chi connectivity index (χ4v) is 3.49. The smallest absolute Gasteiger partial charge is 0.253 e. The Hall–Kier alpha value is -1.95. The lowest BCUT2D eigenvalue weighted by Crippen LogP contribution is -2.41. The van der Waals surface area contributed by atoms with Crippen molar-refractivity contribution < 1.29 is 9.90 Å². The van der Waals surface area contributed by atoms with Gasteiger partial charge in [0.25, 0.3) is 5.91 Å². The van der Waals surface area contributed by atoms with E-state index in [0.717, 1.165) is 24.3 Å². The van der Waals surface area contributed by atoms with Crippen LogP contribution in [-0.2, 0) is 0 Å². The molecule has 1 atom stereocenters. The number of aromatic nitrogens is 3. The van der Waals surface area contributed by atoms with Crippen molar-refractivity contribution >= 4 is 11.6 Å². The zero-order valence-corrected chi connectivity index (χ0v) is 13.5. The average Bonchev–Trinajstić information content (AvgIpc) is 2.96. The van der Waals surface area contributed by atoms with E-state index in [9.17, 15) is 9.90 Å². The molecule has 1 amide bonds. The summed E-state index contributed by atoms with van der Waals surface area (Å²) in [7, 11) is 0. The number of aliphatic hydroxyl groups excluding tert-OH is 1. The van der Waals surface area contributed by atoms with Crippen LogP contribution in [0.3, 0.4) is 0 Å². The molecule has 0 aliphatic heterocycles. The highest BCUT2D eigenvalue weighted by molar-refractivity contribution is 5.94. The lowest BCUT2D eigenvalue weighted by molar-refractivity contribution is 0.0899. The molecule has 1 fully saturated rings. The van der Waals surface area contributed by atoms with Crippen LogP contribution in [0.25, 0.3) is 5.65 Å². The molecule has 0 spiro atoms. The lowest BCUT2D eigenvalue weighted by atomic mass is 9.82. The summed E-state index contributed by atoms with van der Waals surface area (Å²) in [5.74, 6) is 1.14. The van der Waals surface area contributed by atoms with E-state index >= 15 is 0 Å². The molecular formula is C17H24N4O2. The number of hydrogen-bond acceptors (Lipinski definition) is 4. The first-order valence-electron chi connectivity index (χ1n) is 8.42. The second kappa shape index (κ2) is 7.08. The minimum Gasteiger partial charge on any atom is -0.396 e. The summed E-state index contributed by atoms with van der Waals surface area (Å²) in [5.41, 5.74) is 1.33. The van der Waals surface area contributed by atoms with Crippen LogP contribution >= 0.6 is 0 Å². The van der Waals surface area contributed by atoms with Gasteiger partial charge in [0.15, 0.2) is 5.65 Å². The number of aryl methyl sites for hydroxylation is 1. The minimum absolute atomic E-state index is 0.0468. The van der Waals surface area contributed by atoms with E-state index in [1.807, 2.05) is 11.3 Å². The number of carbonyl (C=O) groups is 1. The molecule has 0 saturated heterocycles. The Bertz CT molecular complexity index is 676. The van der Waals surface area contributed by atoms with Crippen molar-refractivity contribution in [3.63, 3.8) is 0 Å². The first-order valence-corrected chi connectivity index (χ1v) is 8.42. The highest BCUT2D eigenvalue weighted by atomic mass is 16.3. The fourth-order valence-electron chi connectivity index (χ4n) is 3.49. The maximum atomic E-state index is 12.6. The number of carbonyl (C=O) groups excluding carboxylic acids is 1. The number of amides is 1. The van der Waals surface area contributed by atoms with Gasteiger partial charge in [0.05, 0.1) is 5.56 Å². The Labute approximate surface area is 135 Å². The van der Waals surface area contributed by atoms with Gasteiger partial charge in [-0.15, -0.1) is 10.2 Å². The summed E-state index contributed by atoms with van der Waals surface area (Å²) in [6.45, 7) is 1.96. The molecule has 124 valence electrons. The molecule has 23 heavy (non-hydrogen) atoms. The Morgan fingerprint density at radius 2 is 2.13 bits per heavy atom. The average molecular weight is 316 g/mol. The maximum absolute atomic E-state index is 12.6. The molecular weight excluding hydrogens is 292 g/mol. The Kier molecular flexibility index (Phi) is 4.91. The van der Waals surface area contributed by atoms with Gasteiger partial charge < -0.3 is 10.4 Å². The first-order chi connectivity index (χ1) is 11.2. The molecule has 6 nitrogen and oxygen atoms in total. The van der Waals surface area contributed by atoms with Crippen molar-refractivity contribution in [1.82, 2.24) is 19.9 Å². The van der Waals surface area contributed by atoms with Crippen LogP contribution in [0.15, 0.2) is 18.3 Å². The van der Waals surface area contributed by atoms with Gasteiger partial charge in [0.1, 0.15) is 5.82 Å². The Morgan fingerprint density at radius 3 is 2.87 bits per heavy atom. The summed E-state index contributed by atoms with van der Waals surface area (Å²) in [5, 5.41) is 20.5. The Morgan fingerprint density at radius 1 is 1.35 bits per heavy atom. The fraction of sp³-hybridized carbons (Fsp3) is 0.588. The summed E-state index contributed by atoms with van der Waals surface area (Å²) < 4.78 is 1.82. The molecule has 2 aromatic heterocycles. The Balaban J connectivity index is 1.75. The van der Waals surface area contributed by atoms with E-state index in [0.29, 0.717) is 17.9 Å². The van der Waals surface area contributed by atoms with Crippen LogP contribution < -0.4 is 5.32 Å². The number of fused-ring (bicyclic) bond motifs is 1. The SMILES string of the molecule is Cc1nnc2ccc(C(=O)NC(CCO)C3CCCCC3)cn12. The van der Waals surface area contributed by atoms with Crippen LogP contribution in [0.5, 0.6) is 0 Å². The molecule has 1 saturated carbocycles. The first kappa shape index (κ1) is 15.9. The molecule has 2 aromatic rings. The molecule has 1 unspecified atom stereocenters. The van der Waals surface area contributed by atoms with Gasteiger partial charge in [-0.2, -0.15) is 0 Å². The van der Waals surface area contributed by atoms with Crippen molar-refractivity contribution in [1.29, 1.82) is 0 Å². The van der Waals surface area contributed by atoms with Crippen LogP contribution in [0.4, 0.5) is 0 Å². The van der Waals surface area contributed by atoms with Gasteiger partial charge in [-0.25, -0.2) is 0 Å². The summed E-state index contributed by atoms with van der Waals surface area (Å²) in [4.78, 5) is 12.6. The maximum Gasteiger partial charge on any atom is 0.253 e.